The number of amides is 2. The Labute approximate surface area is 181 Å². The van der Waals surface area contributed by atoms with Gasteiger partial charge in [0.1, 0.15) is 12.4 Å². The van der Waals surface area contributed by atoms with Crippen molar-refractivity contribution < 1.29 is 33.3 Å². The third-order valence-corrected chi connectivity index (χ3v) is 4.47. The molecule has 2 unspecified atom stereocenters. The predicted octanol–water partition coefficient (Wildman–Crippen LogP) is 2.31. The lowest BCUT2D eigenvalue weighted by Crippen LogP contribution is -2.38. The first kappa shape index (κ1) is 23.3. The van der Waals surface area contributed by atoms with Gasteiger partial charge >= 0.3 is 12.6 Å². The molecule has 172 valence electrons. The fraction of sp³-hybridized carbons (Fsp3) is 0.350. The molecule has 0 aliphatic rings. The molecular weight excluding hydrogens is 428 g/mol. The van der Waals surface area contributed by atoms with Gasteiger partial charge in [-0.3, -0.25) is 10.4 Å². The lowest BCUT2D eigenvalue weighted by Gasteiger charge is -2.22. The molecule has 2 atom stereocenters. The third kappa shape index (κ3) is 5.87. The van der Waals surface area contributed by atoms with Crippen LogP contribution in [0.15, 0.2) is 36.4 Å². The highest BCUT2D eigenvalue weighted by Crippen LogP contribution is 2.28. The highest BCUT2D eigenvalue weighted by atomic mass is 19.3. The quantitative estimate of drug-likeness (QED) is 0.298. The molecule has 5 N–H and O–H groups in total. The molecular formula is C20H23F2N5O5. The Kier molecular flexibility index (Phi) is 7.87. The van der Waals surface area contributed by atoms with Crippen molar-refractivity contribution >= 4 is 22.8 Å². The van der Waals surface area contributed by atoms with E-state index in [0.29, 0.717) is 10.9 Å². The number of benzene rings is 1. The molecule has 2 heterocycles. The lowest BCUT2D eigenvalue weighted by atomic mass is 10.0. The number of aromatic nitrogens is 3. The number of hydrogen-bond donors (Lipinski definition) is 5. The number of rotatable bonds is 10. The second-order valence-corrected chi connectivity index (χ2v) is 6.77. The molecule has 0 radical (unpaired) electrons. The maximum Gasteiger partial charge on any atom is 0.345 e. The van der Waals surface area contributed by atoms with Gasteiger partial charge in [-0.05, 0) is 12.5 Å². The van der Waals surface area contributed by atoms with Gasteiger partial charge in [-0.1, -0.05) is 30.3 Å². The van der Waals surface area contributed by atoms with Crippen LogP contribution in [0.3, 0.4) is 0 Å². The first-order valence-corrected chi connectivity index (χ1v) is 9.71. The predicted molar refractivity (Wildman–Crippen MR) is 110 cm³/mol. The number of fused-ring (bicyclic) bond motifs is 1. The van der Waals surface area contributed by atoms with Crippen molar-refractivity contribution in [3.8, 4) is 5.88 Å². The van der Waals surface area contributed by atoms with Crippen molar-refractivity contribution in [3.05, 3.63) is 47.7 Å². The number of carbonyl (C=O) groups excluding carboxylic acids is 1. The summed E-state index contributed by atoms with van der Waals surface area (Å²) in [7, 11) is 0. The second-order valence-electron chi connectivity index (χ2n) is 6.77. The molecule has 0 aliphatic heterocycles. The van der Waals surface area contributed by atoms with E-state index in [4.69, 9.17) is 4.74 Å². The van der Waals surface area contributed by atoms with Crippen LogP contribution >= 0.6 is 0 Å². The number of nitrogens with one attached hydrogen (secondary N) is 3. The van der Waals surface area contributed by atoms with Gasteiger partial charge in [-0.2, -0.15) is 8.78 Å². The number of carbonyl (C=O) groups is 1. The van der Waals surface area contributed by atoms with E-state index >= 15 is 0 Å². The molecule has 0 saturated carbocycles. The largest absolute Gasteiger partial charge is 0.474 e. The van der Waals surface area contributed by atoms with Gasteiger partial charge in [0.25, 0.3) is 0 Å². The fourth-order valence-corrected chi connectivity index (χ4v) is 3.09. The normalized spacial score (nSPS) is 13.2. The zero-order valence-electron chi connectivity index (χ0n) is 17.1. The maximum absolute atomic E-state index is 12.5. The SMILES string of the molecule is CC(O)C(NC(=O)Nc1cc2[nH]nc(OCCOC(F)F)c2c(CO)n1)c1ccccc1. The summed E-state index contributed by atoms with van der Waals surface area (Å²) in [4.78, 5) is 16.7. The molecule has 0 fully saturated rings. The summed E-state index contributed by atoms with van der Waals surface area (Å²) < 4.78 is 33.5. The number of nitrogens with zero attached hydrogens (tertiary/aromatic N) is 2. The van der Waals surface area contributed by atoms with Crippen molar-refractivity contribution in [2.45, 2.75) is 32.3 Å². The van der Waals surface area contributed by atoms with Gasteiger partial charge in [0.2, 0.25) is 5.88 Å². The first-order chi connectivity index (χ1) is 15.4. The molecule has 3 aromatic rings. The Balaban J connectivity index is 1.72. The summed E-state index contributed by atoms with van der Waals surface area (Å²) in [5.74, 6) is 0.177. The van der Waals surface area contributed by atoms with E-state index in [1.807, 2.05) is 6.07 Å². The fourth-order valence-electron chi connectivity index (χ4n) is 3.09. The molecule has 0 saturated heterocycles. The molecule has 1 aromatic carbocycles. The maximum atomic E-state index is 12.5. The summed E-state index contributed by atoms with van der Waals surface area (Å²) in [6.07, 6.45) is -0.854. The van der Waals surface area contributed by atoms with Crippen LogP contribution in [0, 0.1) is 0 Å². The molecule has 0 spiro atoms. The number of anilines is 1. The molecule has 2 aromatic heterocycles. The summed E-state index contributed by atoms with van der Waals surface area (Å²) in [6.45, 7) is -2.36. The van der Waals surface area contributed by atoms with E-state index in [1.165, 1.54) is 6.07 Å². The van der Waals surface area contributed by atoms with E-state index in [0.717, 1.165) is 5.56 Å². The number of ether oxygens (including phenoxy) is 2. The van der Waals surface area contributed by atoms with Crippen molar-refractivity contribution in [1.82, 2.24) is 20.5 Å². The number of alkyl halides is 2. The van der Waals surface area contributed by atoms with Gasteiger partial charge < -0.3 is 25.0 Å². The second kappa shape index (κ2) is 10.8. The van der Waals surface area contributed by atoms with Gasteiger partial charge in [-0.15, -0.1) is 5.10 Å². The summed E-state index contributed by atoms with van der Waals surface area (Å²) >= 11 is 0. The Morgan fingerprint density at radius 3 is 2.66 bits per heavy atom. The van der Waals surface area contributed by atoms with Crippen molar-refractivity contribution in [2.24, 2.45) is 0 Å². The first-order valence-electron chi connectivity index (χ1n) is 9.71. The van der Waals surface area contributed by atoms with Crippen LogP contribution in [-0.4, -0.2) is 57.4 Å². The van der Waals surface area contributed by atoms with E-state index in [2.05, 4.69) is 30.6 Å². The average molecular weight is 451 g/mol. The van der Waals surface area contributed by atoms with Crippen LogP contribution in [0.25, 0.3) is 10.9 Å². The van der Waals surface area contributed by atoms with Gasteiger partial charge in [0.15, 0.2) is 0 Å². The number of aliphatic hydroxyl groups excluding tert-OH is 2. The molecule has 32 heavy (non-hydrogen) atoms. The smallest absolute Gasteiger partial charge is 0.345 e. The number of pyridine rings is 1. The number of H-pyrrole nitrogens is 1. The summed E-state index contributed by atoms with van der Waals surface area (Å²) in [6, 6.07) is 9.19. The van der Waals surface area contributed by atoms with E-state index < -0.39 is 31.4 Å². The number of urea groups is 1. The number of aromatic amines is 1. The Bertz CT molecular complexity index is 1030. The van der Waals surface area contributed by atoms with Crippen LogP contribution < -0.4 is 15.4 Å². The molecule has 10 nitrogen and oxygen atoms in total. The standard InChI is InChI=1S/C20H23F2N5O5/c1-11(29)17(12-5-3-2-4-6-12)25-20(30)24-15-9-13-16(14(10-28)23-15)18(27-26-13)31-7-8-32-19(21)22/h2-6,9,11,17,19,28-29H,7-8,10H2,1H3,(H,26,27)(H2,23,24,25,30). The number of halogens is 2. The van der Waals surface area contributed by atoms with Crippen molar-refractivity contribution in [3.63, 3.8) is 0 Å². The molecule has 2 amide bonds. The third-order valence-electron chi connectivity index (χ3n) is 4.47. The van der Waals surface area contributed by atoms with E-state index in [1.54, 1.807) is 31.2 Å². The molecule has 0 bridgehead atoms. The topological polar surface area (TPSA) is 142 Å². The molecule has 3 rings (SSSR count). The van der Waals surface area contributed by atoms with Crippen molar-refractivity contribution in [2.75, 3.05) is 18.5 Å². The van der Waals surface area contributed by atoms with Crippen LogP contribution in [0.4, 0.5) is 19.4 Å². The highest BCUT2D eigenvalue weighted by molar-refractivity contribution is 5.93. The minimum absolute atomic E-state index is 0.0589. The van der Waals surface area contributed by atoms with Gasteiger partial charge in [0, 0.05) is 6.07 Å². The van der Waals surface area contributed by atoms with Crippen molar-refractivity contribution in [1.29, 1.82) is 0 Å². The Morgan fingerprint density at radius 1 is 1.25 bits per heavy atom. The summed E-state index contributed by atoms with van der Waals surface area (Å²) in [5, 5.41) is 32.0. The van der Waals surface area contributed by atoms with E-state index in [-0.39, 0.29) is 30.6 Å². The minimum Gasteiger partial charge on any atom is -0.474 e. The number of aliphatic hydroxyl groups is 2. The van der Waals surface area contributed by atoms with Crippen LogP contribution in [-0.2, 0) is 11.3 Å². The molecule has 12 heteroatoms. The van der Waals surface area contributed by atoms with Gasteiger partial charge in [-0.25, -0.2) is 9.78 Å². The van der Waals surface area contributed by atoms with Crippen LogP contribution in [0.2, 0.25) is 0 Å². The monoisotopic (exact) mass is 451 g/mol. The zero-order chi connectivity index (χ0) is 23.1. The summed E-state index contributed by atoms with van der Waals surface area (Å²) in [5.41, 5.74) is 1.29. The van der Waals surface area contributed by atoms with Crippen LogP contribution in [0.5, 0.6) is 5.88 Å². The van der Waals surface area contributed by atoms with E-state index in [9.17, 15) is 23.8 Å². The van der Waals surface area contributed by atoms with Gasteiger partial charge in [0.05, 0.1) is 42.0 Å². The average Bonchev–Trinajstić information content (AvgIpc) is 3.17. The molecule has 0 aliphatic carbocycles. The zero-order valence-corrected chi connectivity index (χ0v) is 17.1. The Morgan fingerprint density at radius 2 is 2.00 bits per heavy atom. The van der Waals surface area contributed by atoms with Crippen LogP contribution in [0.1, 0.15) is 24.2 Å². The Hall–Kier alpha value is -3.35. The minimum atomic E-state index is -2.90. The highest BCUT2D eigenvalue weighted by Gasteiger charge is 2.21. The lowest BCUT2D eigenvalue weighted by molar-refractivity contribution is -0.133. The number of hydrogen-bond acceptors (Lipinski definition) is 7.